The lowest BCUT2D eigenvalue weighted by Gasteiger charge is -2.27. The maximum atomic E-state index is 13.3. The minimum atomic E-state index is -0.773. The number of cyclic esters (lactones) is 1. The van der Waals surface area contributed by atoms with Gasteiger partial charge >= 0.3 is 6.09 Å². The maximum absolute atomic E-state index is 13.3. The van der Waals surface area contributed by atoms with E-state index in [1.54, 1.807) is 42.2 Å². The predicted octanol–water partition coefficient (Wildman–Crippen LogP) is 2.00. The van der Waals surface area contributed by atoms with Crippen molar-refractivity contribution in [3.05, 3.63) is 45.6 Å². The van der Waals surface area contributed by atoms with Crippen molar-refractivity contribution in [3.63, 3.8) is 0 Å². The van der Waals surface area contributed by atoms with Crippen LogP contribution in [0.2, 0.25) is 4.34 Å². The minimum absolute atomic E-state index is 0.0226. The summed E-state index contributed by atoms with van der Waals surface area (Å²) in [5, 5.41) is 2.68. The fourth-order valence-corrected chi connectivity index (χ4v) is 5.37. The van der Waals surface area contributed by atoms with E-state index in [1.807, 2.05) is 0 Å². The second-order valence-corrected chi connectivity index (χ2v) is 11.1. The number of amides is 5. The summed E-state index contributed by atoms with van der Waals surface area (Å²) >= 11 is 7.05. The standard InChI is InChI=1S/C26H30ClN5O7S/c1-16(29-22(33)12-28)2-9-23(34)32(25(36)20-7-8-21(27)40-20)14-19-13-31(26(37)39-19)18-5-3-17(4-6-18)30-10-11-38-15-24(30)35/h3-8,16,19H,2,9-15,28H2,1H3,(H,29,33)/t16?,19-/m1/s1. The van der Waals surface area contributed by atoms with Gasteiger partial charge in [-0.25, -0.2) is 4.79 Å². The monoisotopic (exact) mass is 591 g/mol. The molecule has 3 heterocycles. The van der Waals surface area contributed by atoms with Gasteiger partial charge in [0.05, 0.1) is 35.5 Å². The Balaban J connectivity index is 1.43. The molecule has 2 aliphatic rings. The fourth-order valence-electron chi connectivity index (χ4n) is 4.38. The lowest BCUT2D eigenvalue weighted by atomic mass is 10.1. The SMILES string of the molecule is CC(CCC(=O)N(C[C@H]1CN(c2ccc(N3CCOCC3=O)cc2)C(=O)O1)C(=O)c1ccc(Cl)s1)NC(=O)CN. The lowest BCUT2D eigenvalue weighted by Crippen LogP contribution is -2.44. The molecule has 4 rings (SSSR count). The first-order valence-electron chi connectivity index (χ1n) is 12.7. The molecular weight excluding hydrogens is 562 g/mol. The van der Waals surface area contributed by atoms with Gasteiger partial charge in [-0.2, -0.15) is 0 Å². The van der Waals surface area contributed by atoms with E-state index in [1.165, 1.54) is 11.0 Å². The van der Waals surface area contributed by atoms with Crippen LogP contribution in [0.4, 0.5) is 16.2 Å². The first-order chi connectivity index (χ1) is 19.2. The van der Waals surface area contributed by atoms with Crippen molar-refractivity contribution >= 4 is 64.0 Å². The van der Waals surface area contributed by atoms with Gasteiger partial charge in [0, 0.05) is 30.4 Å². The highest BCUT2D eigenvalue weighted by Crippen LogP contribution is 2.27. The van der Waals surface area contributed by atoms with Crippen LogP contribution in [0.5, 0.6) is 0 Å². The molecule has 3 N–H and O–H groups in total. The molecule has 12 nitrogen and oxygen atoms in total. The molecule has 2 fully saturated rings. The molecule has 0 spiro atoms. The quantitative estimate of drug-likeness (QED) is 0.426. The zero-order chi connectivity index (χ0) is 28.8. The first-order valence-corrected chi connectivity index (χ1v) is 13.9. The summed E-state index contributed by atoms with van der Waals surface area (Å²) in [4.78, 5) is 67.2. The number of hydrogen-bond donors (Lipinski definition) is 2. The highest BCUT2D eigenvalue weighted by molar-refractivity contribution is 7.18. The van der Waals surface area contributed by atoms with Crippen molar-refractivity contribution in [2.24, 2.45) is 5.73 Å². The molecule has 5 amide bonds. The molecule has 2 atom stereocenters. The number of morpholine rings is 1. The summed E-state index contributed by atoms with van der Waals surface area (Å²) in [7, 11) is 0. The number of nitrogens with zero attached hydrogens (tertiary/aromatic N) is 3. The fraction of sp³-hybridized carbons (Fsp3) is 0.423. The van der Waals surface area contributed by atoms with E-state index >= 15 is 0 Å². The molecule has 214 valence electrons. The Morgan fingerprint density at radius 3 is 2.48 bits per heavy atom. The van der Waals surface area contributed by atoms with Crippen molar-refractivity contribution in [2.75, 3.05) is 49.2 Å². The molecule has 14 heteroatoms. The van der Waals surface area contributed by atoms with Crippen molar-refractivity contribution < 1.29 is 33.4 Å². The van der Waals surface area contributed by atoms with E-state index < -0.39 is 24.0 Å². The minimum Gasteiger partial charge on any atom is -0.442 e. The number of anilines is 2. The third-order valence-corrected chi connectivity index (χ3v) is 7.65. The average molecular weight is 592 g/mol. The van der Waals surface area contributed by atoms with Gasteiger partial charge in [-0.3, -0.25) is 29.0 Å². The van der Waals surface area contributed by atoms with Crippen LogP contribution in [-0.4, -0.2) is 86.2 Å². The number of nitrogens with one attached hydrogen (secondary N) is 1. The van der Waals surface area contributed by atoms with E-state index in [4.69, 9.17) is 26.8 Å². The number of ether oxygens (including phenoxy) is 2. The Kier molecular flexibility index (Phi) is 9.74. The molecule has 1 aromatic carbocycles. The molecule has 0 aliphatic carbocycles. The van der Waals surface area contributed by atoms with Crippen LogP contribution in [0.15, 0.2) is 36.4 Å². The zero-order valence-electron chi connectivity index (χ0n) is 21.8. The topological polar surface area (TPSA) is 152 Å². The molecule has 0 radical (unpaired) electrons. The number of halogens is 1. The van der Waals surface area contributed by atoms with Crippen LogP contribution in [0.25, 0.3) is 0 Å². The predicted molar refractivity (Wildman–Crippen MR) is 148 cm³/mol. The van der Waals surface area contributed by atoms with Crippen LogP contribution in [0.1, 0.15) is 29.4 Å². The van der Waals surface area contributed by atoms with Gasteiger partial charge in [0.2, 0.25) is 11.8 Å². The molecular formula is C26H30ClN5O7S. The number of benzene rings is 1. The molecule has 0 saturated carbocycles. The molecule has 1 aromatic heterocycles. The summed E-state index contributed by atoms with van der Waals surface area (Å²) in [5.41, 5.74) is 6.57. The largest absolute Gasteiger partial charge is 0.442 e. The van der Waals surface area contributed by atoms with Gasteiger partial charge in [0.25, 0.3) is 11.8 Å². The second-order valence-electron chi connectivity index (χ2n) is 9.36. The number of thiophene rings is 1. The van der Waals surface area contributed by atoms with E-state index in [-0.39, 0.29) is 61.8 Å². The summed E-state index contributed by atoms with van der Waals surface area (Å²) in [6.45, 7) is 2.44. The van der Waals surface area contributed by atoms with Gasteiger partial charge < -0.3 is 25.4 Å². The first kappa shape index (κ1) is 29.5. The zero-order valence-corrected chi connectivity index (χ0v) is 23.4. The van der Waals surface area contributed by atoms with E-state index in [0.717, 1.165) is 16.2 Å². The Bertz CT molecular complexity index is 1270. The Morgan fingerprint density at radius 2 is 1.85 bits per heavy atom. The van der Waals surface area contributed by atoms with Gasteiger partial charge in [-0.15, -0.1) is 11.3 Å². The normalized spacial score (nSPS) is 17.9. The van der Waals surface area contributed by atoms with Crippen molar-refractivity contribution in [1.29, 1.82) is 0 Å². The third-order valence-electron chi connectivity index (χ3n) is 6.43. The number of hydrogen-bond acceptors (Lipinski definition) is 9. The van der Waals surface area contributed by atoms with Crippen molar-refractivity contribution in [3.8, 4) is 0 Å². The highest BCUT2D eigenvalue weighted by Gasteiger charge is 2.37. The summed E-state index contributed by atoms with van der Waals surface area (Å²) in [6, 6.07) is 9.67. The van der Waals surface area contributed by atoms with Gasteiger partial charge in [0.15, 0.2) is 0 Å². The molecule has 2 aliphatic heterocycles. The molecule has 2 saturated heterocycles. The Morgan fingerprint density at radius 1 is 1.15 bits per heavy atom. The lowest BCUT2D eigenvalue weighted by molar-refractivity contribution is -0.130. The van der Waals surface area contributed by atoms with Crippen LogP contribution >= 0.6 is 22.9 Å². The number of nitrogens with two attached hydrogens (primary N) is 1. The number of imide groups is 1. The molecule has 0 bridgehead atoms. The van der Waals surface area contributed by atoms with E-state index in [2.05, 4.69) is 5.32 Å². The maximum Gasteiger partial charge on any atom is 0.414 e. The third kappa shape index (κ3) is 7.16. The molecule has 40 heavy (non-hydrogen) atoms. The van der Waals surface area contributed by atoms with Crippen LogP contribution in [0, 0.1) is 0 Å². The smallest absolute Gasteiger partial charge is 0.414 e. The summed E-state index contributed by atoms with van der Waals surface area (Å²) < 4.78 is 11.1. The van der Waals surface area contributed by atoms with Crippen LogP contribution < -0.4 is 20.9 Å². The molecule has 2 aromatic rings. The van der Waals surface area contributed by atoms with Gasteiger partial charge in [-0.1, -0.05) is 11.6 Å². The van der Waals surface area contributed by atoms with Crippen molar-refractivity contribution in [2.45, 2.75) is 31.9 Å². The van der Waals surface area contributed by atoms with E-state index in [0.29, 0.717) is 28.9 Å². The Hall–Kier alpha value is -3.52. The summed E-state index contributed by atoms with van der Waals surface area (Å²) in [5.74, 6) is -1.51. The van der Waals surface area contributed by atoms with Crippen molar-refractivity contribution in [1.82, 2.24) is 10.2 Å². The highest BCUT2D eigenvalue weighted by atomic mass is 35.5. The summed E-state index contributed by atoms with van der Waals surface area (Å²) in [6.07, 6.45) is -1.13. The number of carbonyl (C=O) groups excluding carboxylic acids is 5. The number of carbonyl (C=O) groups is 5. The van der Waals surface area contributed by atoms with Gasteiger partial charge in [0.1, 0.15) is 12.7 Å². The number of rotatable bonds is 10. The van der Waals surface area contributed by atoms with Gasteiger partial charge in [-0.05, 0) is 49.7 Å². The van der Waals surface area contributed by atoms with Crippen LogP contribution in [-0.2, 0) is 23.9 Å². The van der Waals surface area contributed by atoms with E-state index in [9.17, 15) is 24.0 Å². The average Bonchev–Trinajstić information content (AvgIpc) is 3.55. The second kappa shape index (κ2) is 13.2. The van der Waals surface area contributed by atoms with Crippen LogP contribution in [0.3, 0.4) is 0 Å². The Labute approximate surface area is 239 Å². The molecule has 1 unspecified atom stereocenters.